The van der Waals surface area contributed by atoms with Crippen LogP contribution in [0.25, 0.3) is 0 Å². The first kappa shape index (κ1) is 17.1. The molecule has 118 valence electrons. The number of benzene rings is 1. The van der Waals surface area contributed by atoms with Crippen molar-refractivity contribution in [3.05, 3.63) is 34.6 Å². The van der Waals surface area contributed by atoms with Gasteiger partial charge < -0.3 is 11.1 Å². The molecule has 0 unspecified atom stereocenters. The number of thioether (sulfide) groups is 1. The molecule has 0 radical (unpaired) electrons. The molecule has 0 amide bonds. The molecule has 0 spiro atoms. The highest BCUT2D eigenvalue weighted by Crippen LogP contribution is 2.22. The largest absolute Gasteiger partial charge is 0.328 e. The molecule has 2 nitrogen and oxygen atoms in total. The molecule has 1 aromatic carbocycles. The van der Waals surface area contributed by atoms with Gasteiger partial charge in [0.05, 0.1) is 0 Å². The highest BCUT2D eigenvalue weighted by molar-refractivity contribution is 7.98. The van der Waals surface area contributed by atoms with Gasteiger partial charge in [-0.25, -0.2) is 4.39 Å². The van der Waals surface area contributed by atoms with E-state index in [0.717, 1.165) is 43.2 Å². The van der Waals surface area contributed by atoms with E-state index in [1.54, 1.807) is 23.9 Å². The molecule has 0 aromatic heterocycles. The Balaban J connectivity index is 1.54. The van der Waals surface area contributed by atoms with Gasteiger partial charge in [0.1, 0.15) is 5.82 Å². The van der Waals surface area contributed by atoms with E-state index in [1.807, 2.05) is 0 Å². The molecule has 21 heavy (non-hydrogen) atoms. The third kappa shape index (κ3) is 6.15. The molecule has 0 aliphatic heterocycles. The highest BCUT2D eigenvalue weighted by atomic mass is 35.5. The molecule has 1 aliphatic carbocycles. The minimum atomic E-state index is -0.207. The van der Waals surface area contributed by atoms with Gasteiger partial charge >= 0.3 is 0 Å². The summed E-state index contributed by atoms with van der Waals surface area (Å²) in [5.74, 6) is 2.27. The Labute approximate surface area is 136 Å². The smallest absolute Gasteiger partial charge is 0.128 e. The van der Waals surface area contributed by atoms with Crippen LogP contribution in [0.2, 0.25) is 5.02 Å². The van der Waals surface area contributed by atoms with Crippen LogP contribution in [0.4, 0.5) is 4.39 Å². The molecule has 0 atom stereocenters. The summed E-state index contributed by atoms with van der Waals surface area (Å²) in [6.45, 7) is 2.06. The van der Waals surface area contributed by atoms with Crippen molar-refractivity contribution in [1.82, 2.24) is 5.32 Å². The van der Waals surface area contributed by atoms with E-state index in [4.69, 9.17) is 17.3 Å². The molecule has 1 fully saturated rings. The van der Waals surface area contributed by atoms with Crippen LogP contribution in [0.3, 0.4) is 0 Å². The molecule has 1 aliphatic rings. The van der Waals surface area contributed by atoms with Gasteiger partial charge in [-0.1, -0.05) is 17.7 Å². The van der Waals surface area contributed by atoms with Gasteiger partial charge in [-0.3, -0.25) is 0 Å². The predicted octanol–water partition coefficient (Wildman–Crippen LogP) is 3.82. The maximum atomic E-state index is 13.6. The lowest BCUT2D eigenvalue weighted by Crippen LogP contribution is -2.32. The van der Waals surface area contributed by atoms with Crippen LogP contribution in [-0.2, 0) is 5.75 Å². The summed E-state index contributed by atoms with van der Waals surface area (Å²) in [6.07, 6.45) is 4.82. The first-order chi connectivity index (χ1) is 10.1. The van der Waals surface area contributed by atoms with Gasteiger partial charge in [-0.15, -0.1) is 0 Å². The van der Waals surface area contributed by atoms with E-state index in [-0.39, 0.29) is 5.82 Å². The molecule has 1 aromatic rings. The Kier molecular flexibility index (Phi) is 7.30. The quantitative estimate of drug-likeness (QED) is 0.746. The zero-order chi connectivity index (χ0) is 15.1. The van der Waals surface area contributed by atoms with E-state index in [2.05, 4.69) is 5.32 Å². The van der Waals surface area contributed by atoms with Gasteiger partial charge in [0, 0.05) is 29.1 Å². The Morgan fingerprint density at radius 3 is 2.76 bits per heavy atom. The van der Waals surface area contributed by atoms with Crippen LogP contribution in [0.5, 0.6) is 0 Å². The fourth-order valence-electron chi connectivity index (χ4n) is 2.66. The van der Waals surface area contributed by atoms with Crippen LogP contribution in [0.15, 0.2) is 18.2 Å². The second-order valence-electron chi connectivity index (χ2n) is 5.77. The van der Waals surface area contributed by atoms with E-state index < -0.39 is 0 Å². The summed E-state index contributed by atoms with van der Waals surface area (Å²) in [6, 6.07) is 5.31. The Morgan fingerprint density at radius 1 is 1.29 bits per heavy atom. The van der Waals surface area contributed by atoms with E-state index >= 15 is 0 Å². The summed E-state index contributed by atoms with van der Waals surface area (Å²) in [5.41, 5.74) is 6.63. The number of rotatable bonds is 7. The second-order valence-corrected chi connectivity index (χ2v) is 7.31. The summed E-state index contributed by atoms with van der Waals surface area (Å²) in [7, 11) is 0. The standard InChI is InChI=1S/C16H24ClFN2S/c17-14-4-3-13(16(18)9-14)11-21-8-7-20-10-12-1-5-15(19)6-2-12/h3-4,9,12,15,20H,1-2,5-8,10-11,19H2. The van der Waals surface area contributed by atoms with E-state index in [1.165, 1.54) is 18.9 Å². The SMILES string of the molecule is NC1CCC(CNCCSCc2ccc(Cl)cc2F)CC1. The number of nitrogens with one attached hydrogen (secondary N) is 1. The maximum Gasteiger partial charge on any atom is 0.128 e. The Hall–Kier alpha value is -0.290. The van der Waals surface area contributed by atoms with Crippen LogP contribution in [0.1, 0.15) is 31.2 Å². The molecule has 0 bridgehead atoms. The van der Waals surface area contributed by atoms with Crippen LogP contribution < -0.4 is 11.1 Å². The van der Waals surface area contributed by atoms with E-state index in [0.29, 0.717) is 16.8 Å². The first-order valence-electron chi connectivity index (χ1n) is 7.63. The monoisotopic (exact) mass is 330 g/mol. The van der Waals surface area contributed by atoms with Gasteiger partial charge in [-0.05, 0) is 55.8 Å². The molecule has 3 N–H and O–H groups in total. The number of hydrogen-bond acceptors (Lipinski definition) is 3. The highest BCUT2D eigenvalue weighted by Gasteiger charge is 2.17. The molecular weight excluding hydrogens is 307 g/mol. The van der Waals surface area contributed by atoms with Crippen molar-refractivity contribution < 1.29 is 4.39 Å². The summed E-state index contributed by atoms with van der Waals surface area (Å²) in [5, 5.41) is 3.96. The van der Waals surface area contributed by atoms with Crippen LogP contribution in [0, 0.1) is 11.7 Å². The Morgan fingerprint density at radius 2 is 2.05 bits per heavy atom. The molecule has 5 heteroatoms. The Bertz CT molecular complexity index is 436. The minimum absolute atomic E-state index is 0.207. The van der Waals surface area contributed by atoms with Crippen LogP contribution in [-0.4, -0.2) is 24.9 Å². The lowest BCUT2D eigenvalue weighted by Gasteiger charge is -2.26. The van der Waals surface area contributed by atoms with E-state index in [9.17, 15) is 4.39 Å². The van der Waals surface area contributed by atoms with Crippen molar-refractivity contribution in [2.24, 2.45) is 11.7 Å². The van der Waals surface area contributed by atoms with Gasteiger partial charge in [-0.2, -0.15) is 11.8 Å². The maximum absolute atomic E-state index is 13.6. The third-order valence-corrected chi connectivity index (χ3v) is 5.26. The second kappa shape index (κ2) is 8.99. The number of nitrogens with two attached hydrogens (primary N) is 1. The normalized spacial score (nSPS) is 22.4. The van der Waals surface area contributed by atoms with Gasteiger partial charge in [0.2, 0.25) is 0 Å². The fraction of sp³-hybridized carbons (Fsp3) is 0.625. The van der Waals surface area contributed by atoms with Crippen molar-refractivity contribution in [2.75, 3.05) is 18.8 Å². The van der Waals surface area contributed by atoms with Crippen molar-refractivity contribution in [3.8, 4) is 0 Å². The summed E-state index contributed by atoms with van der Waals surface area (Å²) < 4.78 is 13.6. The summed E-state index contributed by atoms with van der Waals surface area (Å²) in [4.78, 5) is 0. The van der Waals surface area contributed by atoms with Crippen molar-refractivity contribution in [1.29, 1.82) is 0 Å². The topological polar surface area (TPSA) is 38.0 Å². The third-order valence-electron chi connectivity index (χ3n) is 4.02. The van der Waals surface area contributed by atoms with Crippen molar-refractivity contribution in [3.63, 3.8) is 0 Å². The molecule has 0 heterocycles. The molecule has 2 rings (SSSR count). The van der Waals surface area contributed by atoms with Crippen LogP contribution >= 0.6 is 23.4 Å². The zero-order valence-electron chi connectivity index (χ0n) is 12.3. The number of halogens is 2. The average Bonchev–Trinajstić information content (AvgIpc) is 2.46. The average molecular weight is 331 g/mol. The number of hydrogen-bond donors (Lipinski definition) is 2. The lowest BCUT2D eigenvalue weighted by atomic mass is 9.86. The van der Waals surface area contributed by atoms with Gasteiger partial charge in [0.15, 0.2) is 0 Å². The van der Waals surface area contributed by atoms with Gasteiger partial charge in [0.25, 0.3) is 0 Å². The molecule has 1 saturated carbocycles. The fourth-order valence-corrected chi connectivity index (χ4v) is 3.71. The van der Waals surface area contributed by atoms with Crippen molar-refractivity contribution in [2.45, 2.75) is 37.5 Å². The predicted molar refractivity (Wildman–Crippen MR) is 90.4 cm³/mol. The molecular formula is C16H24ClFN2S. The zero-order valence-corrected chi connectivity index (χ0v) is 13.9. The lowest BCUT2D eigenvalue weighted by molar-refractivity contribution is 0.317. The van der Waals surface area contributed by atoms with Crippen molar-refractivity contribution >= 4 is 23.4 Å². The first-order valence-corrected chi connectivity index (χ1v) is 9.16. The summed E-state index contributed by atoms with van der Waals surface area (Å²) >= 11 is 7.49. The minimum Gasteiger partial charge on any atom is -0.328 e. The molecule has 0 saturated heterocycles.